The first-order chi connectivity index (χ1) is 10.2. The third-order valence-electron chi connectivity index (χ3n) is 4.50. The number of likely N-dealkylation sites (N-methyl/N-ethyl adjacent to an activating group) is 1. The number of rotatable bonds is 3. The third kappa shape index (κ3) is 2.81. The zero-order valence-corrected chi connectivity index (χ0v) is 12.7. The van der Waals surface area contributed by atoms with Crippen LogP contribution in [0.2, 0.25) is 0 Å². The predicted molar refractivity (Wildman–Crippen MR) is 86.8 cm³/mol. The second-order valence-electron chi connectivity index (χ2n) is 5.98. The maximum Gasteiger partial charge on any atom is 0.227 e. The van der Waals surface area contributed by atoms with Gasteiger partial charge in [0, 0.05) is 45.1 Å². The van der Waals surface area contributed by atoms with Gasteiger partial charge in [-0.2, -0.15) is 0 Å². The maximum absolute atomic E-state index is 12.3. The number of hydrogen-bond donors (Lipinski definition) is 0. The summed E-state index contributed by atoms with van der Waals surface area (Å²) in [6.07, 6.45) is 2.48. The van der Waals surface area contributed by atoms with Gasteiger partial charge in [0.05, 0.1) is 11.4 Å². The summed E-state index contributed by atoms with van der Waals surface area (Å²) in [7, 11) is 2.15. The molecule has 0 bridgehead atoms. The van der Waals surface area contributed by atoms with Crippen LogP contribution >= 0.6 is 0 Å². The molecule has 2 saturated heterocycles. The molecule has 1 atom stereocenters. The van der Waals surface area contributed by atoms with Crippen LogP contribution in [0.5, 0.6) is 0 Å². The second kappa shape index (κ2) is 5.90. The lowest BCUT2D eigenvalue weighted by atomic mass is 10.1. The number of benzene rings is 1. The van der Waals surface area contributed by atoms with E-state index in [0.717, 1.165) is 38.4 Å². The highest BCUT2D eigenvalue weighted by Gasteiger charge is 2.31. The zero-order valence-electron chi connectivity index (χ0n) is 12.7. The number of anilines is 2. The molecule has 112 valence electrons. The Morgan fingerprint density at radius 1 is 1.14 bits per heavy atom. The predicted octanol–water partition coefficient (Wildman–Crippen LogP) is 1.98. The number of amides is 1. The summed E-state index contributed by atoms with van der Waals surface area (Å²) in [6.45, 7) is 8.75. The largest absolute Gasteiger partial charge is 0.367 e. The zero-order chi connectivity index (χ0) is 14.8. The molecule has 2 heterocycles. The fourth-order valence-electron chi connectivity index (χ4n) is 3.13. The van der Waals surface area contributed by atoms with Gasteiger partial charge in [-0.3, -0.25) is 4.79 Å². The first kappa shape index (κ1) is 14.1. The monoisotopic (exact) mass is 285 g/mol. The van der Waals surface area contributed by atoms with Gasteiger partial charge in [-0.15, -0.1) is 6.58 Å². The summed E-state index contributed by atoms with van der Waals surface area (Å²) in [6, 6.07) is 8.28. The van der Waals surface area contributed by atoms with Crippen LogP contribution in [0, 0.1) is 5.92 Å². The number of carbonyl (C=O) groups is 1. The number of carbonyl (C=O) groups excluding carboxylic acids is 1. The van der Waals surface area contributed by atoms with Crippen LogP contribution in [0.4, 0.5) is 11.4 Å². The van der Waals surface area contributed by atoms with Crippen molar-refractivity contribution in [3.8, 4) is 0 Å². The van der Waals surface area contributed by atoms with E-state index in [1.54, 1.807) is 0 Å². The molecule has 2 fully saturated rings. The molecule has 0 aliphatic carbocycles. The van der Waals surface area contributed by atoms with Crippen LogP contribution in [0.25, 0.3) is 0 Å². The molecule has 0 radical (unpaired) electrons. The Morgan fingerprint density at radius 3 is 2.43 bits per heavy atom. The SMILES string of the molecule is C=CC1CC(=O)N(c2ccccc2N2CCN(C)CC2)C1. The van der Waals surface area contributed by atoms with Crippen molar-refractivity contribution in [1.82, 2.24) is 4.90 Å². The van der Waals surface area contributed by atoms with E-state index in [4.69, 9.17) is 0 Å². The van der Waals surface area contributed by atoms with E-state index >= 15 is 0 Å². The van der Waals surface area contributed by atoms with Gasteiger partial charge in [0.1, 0.15) is 0 Å². The van der Waals surface area contributed by atoms with Crippen molar-refractivity contribution in [1.29, 1.82) is 0 Å². The lowest BCUT2D eigenvalue weighted by Gasteiger charge is -2.36. The molecular formula is C17H23N3O. The van der Waals surface area contributed by atoms with Crippen molar-refractivity contribution in [2.24, 2.45) is 5.92 Å². The number of hydrogen-bond acceptors (Lipinski definition) is 3. The fourth-order valence-corrected chi connectivity index (χ4v) is 3.13. The molecule has 0 saturated carbocycles. The molecule has 2 aliphatic rings. The minimum absolute atomic E-state index is 0.210. The summed E-state index contributed by atoms with van der Waals surface area (Å²) in [5, 5.41) is 0. The summed E-state index contributed by atoms with van der Waals surface area (Å²) in [5.74, 6) is 0.486. The molecule has 1 aromatic rings. The first-order valence-corrected chi connectivity index (χ1v) is 7.64. The van der Waals surface area contributed by atoms with Crippen LogP contribution < -0.4 is 9.80 Å². The molecule has 0 aromatic heterocycles. The summed E-state index contributed by atoms with van der Waals surface area (Å²) in [5.41, 5.74) is 2.24. The van der Waals surface area contributed by atoms with Crippen LogP contribution in [0.1, 0.15) is 6.42 Å². The number of nitrogens with zero attached hydrogens (tertiary/aromatic N) is 3. The van der Waals surface area contributed by atoms with E-state index in [0.29, 0.717) is 6.42 Å². The highest BCUT2D eigenvalue weighted by Crippen LogP contribution is 2.34. The van der Waals surface area contributed by atoms with E-state index in [1.165, 1.54) is 5.69 Å². The normalized spacial score (nSPS) is 23.7. The molecule has 0 N–H and O–H groups in total. The standard InChI is InChI=1S/C17H23N3O/c1-3-14-12-17(21)20(13-14)16-7-5-4-6-15(16)19-10-8-18(2)9-11-19/h3-7,14H,1,8-13H2,2H3. The second-order valence-corrected chi connectivity index (χ2v) is 5.98. The van der Waals surface area contributed by atoms with Crippen molar-refractivity contribution in [3.63, 3.8) is 0 Å². The maximum atomic E-state index is 12.3. The molecule has 4 nitrogen and oxygen atoms in total. The van der Waals surface area contributed by atoms with Gasteiger partial charge in [-0.25, -0.2) is 0 Å². The minimum atomic E-state index is 0.210. The molecule has 2 aliphatic heterocycles. The van der Waals surface area contributed by atoms with Gasteiger partial charge in [-0.1, -0.05) is 18.2 Å². The lowest BCUT2D eigenvalue weighted by Crippen LogP contribution is -2.45. The van der Waals surface area contributed by atoms with Crippen molar-refractivity contribution in [3.05, 3.63) is 36.9 Å². The van der Waals surface area contributed by atoms with E-state index in [-0.39, 0.29) is 11.8 Å². The molecular weight excluding hydrogens is 262 g/mol. The van der Waals surface area contributed by atoms with Crippen molar-refractivity contribution in [2.75, 3.05) is 49.6 Å². The Morgan fingerprint density at radius 2 is 1.81 bits per heavy atom. The smallest absolute Gasteiger partial charge is 0.227 e. The molecule has 21 heavy (non-hydrogen) atoms. The highest BCUT2D eigenvalue weighted by molar-refractivity contribution is 5.99. The summed E-state index contributed by atoms with van der Waals surface area (Å²) in [4.78, 5) is 18.9. The van der Waals surface area contributed by atoms with Gasteiger partial charge in [0.15, 0.2) is 0 Å². The molecule has 1 unspecified atom stereocenters. The Labute approximate surface area is 126 Å². The lowest BCUT2D eigenvalue weighted by molar-refractivity contribution is -0.117. The third-order valence-corrected chi connectivity index (χ3v) is 4.50. The average molecular weight is 285 g/mol. The van der Waals surface area contributed by atoms with Crippen LogP contribution in [0.15, 0.2) is 36.9 Å². The molecule has 1 aromatic carbocycles. The quantitative estimate of drug-likeness (QED) is 0.795. The van der Waals surface area contributed by atoms with E-state index < -0.39 is 0 Å². The Balaban J connectivity index is 1.86. The number of para-hydroxylation sites is 2. The van der Waals surface area contributed by atoms with Gasteiger partial charge < -0.3 is 14.7 Å². The Kier molecular flexibility index (Phi) is 3.97. The molecule has 4 heteroatoms. The fraction of sp³-hybridized carbons (Fsp3) is 0.471. The van der Waals surface area contributed by atoms with E-state index in [9.17, 15) is 4.79 Å². The van der Waals surface area contributed by atoms with Crippen LogP contribution in [-0.2, 0) is 4.79 Å². The van der Waals surface area contributed by atoms with Crippen molar-refractivity contribution in [2.45, 2.75) is 6.42 Å². The minimum Gasteiger partial charge on any atom is -0.367 e. The van der Waals surface area contributed by atoms with Gasteiger partial charge in [-0.05, 0) is 19.2 Å². The van der Waals surface area contributed by atoms with Crippen LogP contribution in [-0.4, -0.2) is 50.6 Å². The van der Waals surface area contributed by atoms with Gasteiger partial charge in [0.25, 0.3) is 0 Å². The first-order valence-electron chi connectivity index (χ1n) is 7.64. The highest BCUT2D eigenvalue weighted by atomic mass is 16.2. The Bertz CT molecular complexity index is 535. The summed E-state index contributed by atoms with van der Waals surface area (Å²) >= 11 is 0. The Hall–Kier alpha value is -1.81. The summed E-state index contributed by atoms with van der Waals surface area (Å²) < 4.78 is 0. The molecule has 0 spiro atoms. The molecule has 3 rings (SSSR count). The van der Waals surface area contributed by atoms with E-state index in [1.807, 2.05) is 17.0 Å². The molecule has 1 amide bonds. The topological polar surface area (TPSA) is 26.8 Å². The van der Waals surface area contributed by atoms with Crippen molar-refractivity contribution < 1.29 is 4.79 Å². The number of piperazine rings is 1. The van der Waals surface area contributed by atoms with Crippen molar-refractivity contribution >= 4 is 17.3 Å². The van der Waals surface area contributed by atoms with Crippen LogP contribution in [0.3, 0.4) is 0 Å². The average Bonchev–Trinajstić information content (AvgIpc) is 2.89. The van der Waals surface area contributed by atoms with E-state index in [2.05, 4.69) is 41.6 Å². The van der Waals surface area contributed by atoms with Gasteiger partial charge >= 0.3 is 0 Å². The van der Waals surface area contributed by atoms with Gasteiger partial charge in [0.2, 0.25) is 5.91 Å².